The van der Waals surface area contributed by atoms with Gasteiger partial charge in [0.2, 0.25) is 17.7 Å². The number of carboxylic acid groups (broad SMARTS) is 6. The van der Waals surface area contributed by atoms with Crippen LogP contribution in [0, 0.1) is 55.4 Å². The Labute approximate surface area is 745 Å². The Bertz CT molecular complexity index is 6330. The second-order valence-corrected chi connectivity index (χ2v) is 28.9. The first-order valence-corrected chi connectivity index (χ1v) is 39.4. The highest BCUT2D eigenvalue weighted by Crippen LogP contribution is 2.30. The third-order valence-corrected chi connectivity index (χ3v) is 18.9. The van der Waals surface area contributed by atoms with Gasteiger partial charge in [-0.2, -0.15) is 0 Å². The standard InChI is InChI=1S/2C23H20N2O4.C22H20N2O6.C16H14N2O4.C16H15NO3/c1-14-10-15(2)12-18(11-14)25-21(26)16-6-5-7-17(13-16)24-22(27)19-8-3-4-9-20(19)23(28)29;1-14-10-11-18(12-15(14)2)24-21(26)16-6-5-7-17(13-16)25-22(27)19-8-3-4-9-20(19)23(28)29;1-13-11-15(3-5-17(13)23-19(25)7-9-21(27)28)16-4-6-18(14(2)12-16)24-20(26)8-10-22(29)30;1-10(19)17-11-6-8-12(9-7-11)18-15(20)13-4-2-3-5-14(13)16(21)22;1-10-6-5-7-11(2)14(10)17-15(18)12-8-3-4-9-13(12)16(19)20/h3-13H,1-2H3,(H,24,27)(H,25,26)(H,28,29);3-13H,1-2H3,(H,24,26)(H,25,27)(H,28,29);3-12H,1-2H3,(H,23,25)(H,24,26)(H,27,28)(H,29,30);2-9H,1H3,(H,17,19)(H,18,20)(H,21,22);3-9H,1-2H3,(H,17,18)(H,19,20)/b;;9-7+,10-8+;;. The molecule has 0 aliphatic rings. The van der Waals surface area contributed by atoms with E-state index in [1.165, 1.54) is 61.5 Å². The molecule has 12 aromatic carbocycles. The van der Waals surface area contributed by atoms with Crippen molar-refractivity contribution in [3.05, 3.63) is 385 Å². The predicted molar refractivity (Wildman–Crippen MR) is 495 cm³/mol. The molecule has 0 aliphatic heterocycles. The number of aliphatic carboxylic acids is 2. The summed E-state index contributed by atoms with van der Waals surface area (Å²) in [5.74, 6) is -11.0. The summed E-state index contributed by atoms with van der Waals surface area (Å²) in [6.07, 6.45) is 3.41. The Kier molecular flexibility index (Phi) is 35.0. The van der Waals surface area contributed by atoms with E-state index in [-0.39, 0.29) is 62.2 Å². The van der Waals surface area contributed by atoms with Crippen LogP contribution in [0.4, 0.5) is 51.2 Å². The Morgan fingerprint density at radius 2 is 0.546 bits per heavy atom. The molecule has 0 heterocycles. The van der Waals surface area contributed by atoms with Crippen molar-refractivity contribution in [1.29, 1.82) is 0 Å². The molecule has 0 atom stereocenters. The van der Waals surface area contributed by atoms with E-state index in [2.05, 4.69) is 47.9 Å². The van der Waals surface area contributed by atoms with E-state index >= 15 is 0 Å². The van der Waals surface area contributed by atoms with Crippen molar-refractivity contribution >= 4 is 140 Å². The molecule has 0 saturated heterocycles. The zero-order valence-electron chi connectivity index (χ0n) is 71.4. The largest absolute Gasteiger partial charge is 0.478 e. The van der Waals surface area contributed by atoms with Gasteiger partial charge in [0.1, 0.15) is 0 Å². The minimum Gasteiger partial charge on any atom is -0.478 e. The Balaban J connectivity index is 0.000000202. The first kappa shape index (κ1) is 97.6. The van der Waals surface area contributed by atoms with Crippen LogP contribution in [0.15, 0.2) is 285 Å². The van der Waals surface area contributed by atoms with Gasteiger partial charge in [0.05, 0.1) is 44.5 Å². The average Bonchev–Trinajstić information content (AvgIpc) is 0.814. The van der Waals surface area contributed by atoms with Crippen LogP contribution in [0.2, 0.25) is 0 Å². The van der Waals surface area contributed by atoms with E-state index in [1.807, 2.05) is 134 Å². The summed E-state index contributed by atoms with van der Waals surface area (Å²) in [4.78, 5) is 175. The summed E-state index contributed by atoms with van der Waals surface area (Å²) in [5, 5.41) is 78.0. The zero-order valence-corrected chi connectivity index (χ0v) is 71.4. The van der Waals surface area contributed by atoms with Gasteiger partial charge in [0.25, 0.3) is 35.4 Å². The lowest BCUT2D eigenvalue weighted by atomic mass is 10.00. The van der Waals surface area contributed by atoms with Crippen LogP contribution in [0.3, 0.4) is 0 Å². The van der Waals surface area contributed by atoms with Crippen molar-refractivity contribution in [2.45, 2.75) is 62.3 Å². The van der Waals surface area contributed by atoms with Gasteiger partial charge >= 0.3 is 35.8 Å². The highest BCUT2D eigenvalue weighted by molar-refractivity contribution is 6.15. The molecule has 12 rings (SSSR count). The maximum Gasteiger partial charge on any atom is 0.336 e. The second-order valence-electron chi connectivity index (χ2n) is 28.9. The predicted octanol–water partition coefficient (Wildman–Crippen LogP) is 18.0. The lowest BCUT2D eigenvalue weighted by Crippen LogP contribution is -2.17. The molecule has 0 aliphatic carbocycles. The highest BCUT2D eigenvalue weighted by atomic mass is 16.4. The first-order chi connectivity index (χ1) is 61.8. The molecule has 15 N–H and O–H groups in total. The fraction of sp³-hybridized carbons (Fsp3) is 0.0900. The number of carboxylic acids is 6. The van der Waals surface area contributed by atoms with Gasteiger partial charge in [-0.15, -0.1) is 0 Å². The summed E-state index contributed by atoms with van der Waals surface area (Å²) >= 11 is 0. The van der Waals surface area contributed by atoms with Gasteiger partial charge < -0.3 is 78.5 Å². The molecule has 130 heavy (non-hydrogen) atoms. The van der Waals surface area contributed by atoms with Crippen molar-refractivity contribution in [3.63, 3.8) is 0 Å². The van der Waals surface area contributed by atoms with E-state index in [4.69, 9.17) is 20.4 Å². The molecule has 30 nitrogen and oxygen atoms in total. The number of hydrogen-bond donors (Lipinski definition) is 15. The molecule has 0 bridgehead atoms. The minimum absolute atomic E-state index is 0.00348. The summed E-state index contributed by atoms with van der Waals surface area (Å²) in [6.45, 7) is 16.7. The lowest BCUT2D eigenvalue weighted by molar-refractivity contribution is -0.132. The SMILES string of the molecule is CC(=O)Nc1ccc(NC(=O)c2ccccc2C(=O)O)cc1.Cc1cc(-c2ccc(NC(=O)/C=C/C(=O)O)c(C)c2)ccc1NC(=O)/C=C/C(=O)O.Cc1cc(C)cc(NC(=O)c2cccc(NC(=O)c3ccccc3C(=O)O)c2)c1.Cc1ccc(NC(=O)c2cccc(NC(=O)c3ccccc3C(=O)O)c2)cc1C.Cc1cccc(C)c1NC(=O)c1ccccc1C(=O)O. The summed E-state index contributed by atoms with van der Waals surface area (Å²) in [6, 6.07) is 71.4. The third-order valence-electron chi connectivity index (χ3n) is 18.9. The summed E-state index contributed by atoms with van der Waals surface area (Å²) in [7, 11) is 0. The maximum atomic E-state index is 12.6. The first-order valence-electron chi connectivity index (χ1n) is 39.4. The third kappa shape index (κ3) is 29.4. The number of carbonyl (C=O) groups is 15. The van der Waals surface area contributed by atoms with Gasteiger partial charge in [-0.3, -0.25) is 43.2 Å². The van der Waals surface area contributed by atoms with Crippen LogP contribution in [-0.4, -0.2) is 120 Å². The molecular formula is C100H89N9O21. The summed E-state index contributed by atoms with van der Waals surface area (Å²) in [5.41, 5.74) is 15.4. The number of aryl methyl sites for hydroxylation is 8. The molecule has 0 saturated carbocycles. The average molecular weight is 1750 g/mol. The second kappa shape index (κ2) is 46.6. The number of anilines is 9. The van der Waals surface area contributed by atoms with Crippen molar-refractivity contribution in [3.8, 4) is 11.1 Å². The number of aromatic carboxylic acids is 4. The van der Waals surface area contributed by atoms with Crippen molar-refractivity contribution in [2.75, 3.05) is 47.9 Å². The van der Waals surface area contributed by atoms with Crippen LogP contribution >= 0.6 is 0 Å². The molecule has 12 aromatic rings. The highest BCUT2D eigenvalue weighted by Gasteiger charge is 2.22. The number of nitrogens with one attached hydrogen (secondary N) is 9. The number of hydrogen-bond acceptors (Lipinski definition) is 15. The van der Waals surface area contributed by atoms with Crippen LogP contribution in [0.5, 0.6) is 0 Å². The van der Waals surface area contributed by atoms with E-state index in [0.29, 0.717) is 56.6 Å². The molecule has 0 unspecified atom stereocenters. The van der Waals surface area contributed by atoms with E-state index in [1.54, 1.807) is 127 Å². The number of carbonyl (C=O) groups excluding carboxylic acids is 9. The smallest absolute Gasteiger partial charge is 0.336 e. The maximum absolute atomic E-state index is 12.6. The van der Waals surface area contributed by atoms with E-state index in [0.717, 1.165) is 85.6 Å². The lowest BCUT2D eigenvalue weighted by Gasteiger charge is -2.12. The van der Waals surface area contributed by atoms with Crippen LogP contribution in [0.25, 0.3) is 11.1 Å². The molecule has 30 heteroatoms. The Morgan fingerprint density at radius 1 is 0.231 bits per heavy atom. The Hall–Kier alpha value is -17.8. The van der Waals surface area contributed by atoms with Crippen molar-refractivity contribution < 1.29 is 103 Å². The Morgan fingerprint density at radius 3 is 0.892 bits per heavy atom. The molecule has 9 amide bonds. The van der Waals surface area contributed by atoms with Gasteiger partial charge in [0.15, 0.2) is 0 Å². The molecule has 660 valence electrons. The fourth-order valence-corrected chi connectivity index (χ4v) is 12.5. The minimum atomic E-state index is -1.20. The van der Waals surface area contributed by atoms with Gasteiger partial charge in [-0.25, -0.2) is 28.8 Å². The van der Waals surface area contributed by atoms with Gasteiger partial charge in [0, 0.05) is 93.5 Å². The summed E-state index contributed by atoms with van der Waals surface area (Å²) < 4.78 is 0. The zero-order chi connectivity index (χ0) is 95.0. The van der Waals surface area contributed by atoms with Gasteiger partial charge in [-0.1, -0.05) is 103 Å². The number of para-hydroxylation sites is 1. The van der Waals surface area contributed by atoms with Crippen LogP contribution < -0.4 is 47.9 Å². The van der Waals surface area contributed by atoms with Crippen molar-refractivity contribution in [2.24, 2.45) is 0 Å². The molecule has 0 spiro atoms. The topological polar surface area (TPSA) is 486 Å². The molecular weight excluding hydrogens is 1660 g/mol. The number of benzene rings is 12. The quantitative estimate of drug-likeness (QED) is 0.0250. The van der Waals surface area contributed by atoms with Crippen molar-refractivity contribution in [1.82, 2.24) is 0 Å². The van der Waals surface area contributed by atoms with Crippen LogP contribution in [0.1, 0.15) is 155 Å². The normalized spacial score (nSPS) is 10.3. The monoisotopic (exact) mass is 1750 g/mol. The van der Waals surface area contributed by atoms with Crippen LogP contribution in [-0.2, 0) is 24.0 Å². The molecule has 0 fully saturated rings. The van der Waals surface area contributed by atoms with E-state index < -0.39 is 71.3 Å². The van der Waals surface area contributed by atoms with Gasteiger partial charge in [-0.05, 0) is 269 Å². The molecule has 0 radical (unpaired) electrons. The fourth-order valence-electron chi connectivity index (χ4n) is 12.5. The van der Waals surface area contributed by atoms with E-state index in [9.17, 15) is 82.1 Å². The molecule has 0 aromatic heterocycles. The number of rotatable bonds is 24. The number of amides is 9.